The Morgan fingerprint density at radius 2 is 1.33 bits per heavy atom. The second-order valence-corrected chi connectivity index (χ2v) is 6.23. The molecule has 1 nitrogen and oxygen atoms in total. The molecule has 0 spiro atoms. The highest BCUT2D eigenvalue weighted by molar-refractivity contribution is 7.99. The lowest BCUT2D eigenvalue weighted by Crippen LogP contribution is -2.53. The highest BCUT2D eigenvalue weighted by Gasteiger charge is 2.28. The van der Waals surface area contributed by atoms with E-state index in [4.69, 9.17) is 0 Å². The van der Waals surface area contributed by atoms with Gasteiger partial charge in [-0.3, -0.25) is 0 Å². The van der Waals surface area contributed by atoms with E-state index in [1.165, 1.54) is 24.3 Å². The number of rotatable bonds is 0. The van der Waals surface area contributed by atoms with Crippen molar-refractivity contribution < 1.29 is 0 Å². The van der Waals surface area contributed by atoms with Crippen LogP contribution in [0.3, 0.4) is 0 Å². The van der Waals surface area contributed by atoms with Gasteiger partial charge in [-0.25, -0.2) is 0 Å². The summed E-state index contributed by atoms with van der Waals surface area (Å²) in [5.74, 6) is 2.60. The van der Waals surface area contributed by atoms with Crippen molar-refractivity contribution in [3.8, 4) is 0 Å². The summed E-state index contributed by atoms with van der Waals surface area (Å²) in [5.41, 5.74) is 0.633. The summed E-state index contributed by atoms with van der Waals surface area (Å²) in [6, 6.07) is 0. The molecule has 0 unspecified atom stereocenters. The van der Waals surface area contributed by atoms with E-state index in [1.807, 2.05) is 0 Å². The Morgan fingerprint density at radius 1 is 0.917 bits per heavy atom. The lowest BCUT2D eigenvalue weighted by molar-refractivity contribution is 0.251. The van der Waals surface area contributed by atoms with Gasteiger partial charge in [0.15, 0.2) is 0 Å². The van der Waals surface area contributed by atoms with Crippen LogP contribution < -0.4 is 5.32 Å². The molecule has 1 fully saturated rings. The van der Waals surface area contributed by atoms with Crippen molar-refractivity contribution in [1.29, 1.82) is 0 Å². The van der Waals surface area contributed by atoms with Gasteiger partial charge in [-0.05, 0) is 52.0 Å². The van der Waals surface area contributed by atoms with Gasteiger partial charge in [0.25, 0.3) is 0 Å². The van der Waals surface area contributed by atoms with Gasteiger partial charge in [0, 0.05) is 11.1 Å². The Kier molecular flexibility index (Phi) is 3.11. The fraction of sp³-hybridized carbons (Fsp3) is 1.00. The standard InChI is InChI=1S/C10H21NS/c1-9(2)5-7-12-8-6-10(3,4)11-9/h11H,5-8H2,1-4H3. The zero-order valence-electron chi connectivity index (χ0n) is 8.74. The van der Waals surface area contributed by atoms with E-state index in [9.17, 15) is 0 Å². The summed E-state index contributed by atoms with van der Waals surface area (Å²) in [6.45, 7) is 9.22. The molecule has 1 aliphatic rings. The van der Waals surface area contributed by atoms with E-state index in [1.54, 1.807) is 0 Å². The predicted molar refractivity (Wildman–Crippen MR) is 57.9 cm³/mol. The molecular weight excluding hydrogens is 166 g/mol. The summed E-state index contributed by atoms with van der Waals surface area (Å²) in [7, 11) is 0. The van der Waals surface area contributed by atoms with Gasteiger partial charge in [-0.2, -0.15) is 11.8 Å². The topological polar surface area (TPSA) is 12.0 Å². The van der Waals surface area contributed by atoms with Crippen LogP contribution in [0.2, 0.25) is 0 Å². The first-order chi connectivity index (χ1) is 5.41. The molecule has 12 heavy (non-hydrogen) atoms. The second-order valence-electron chi connectivity index (χ2n) is 5.01. The van der Waals surface area contributed by atoms with Gasteiger partial charge in [0.2, 0.25) is 0 Å². The van der Waals surface area contributed by atoms with Gasteiger partial charge in [-0.1, -0.05) is 0 Å². The van der Waals surface area contributed by atoms with Gasteiger partial charge >= 0.3 is 0 Å². The van der Waals surface area contributed by atoms with Crippen LogP contribution in [0.5, 0.6) is 0 Å². The number of thioether (sulfide) groups is 1. The van der Waals surface area contributed by atoms with Crippen LogP contribution in [-0.4, -0.2) is 22.6 Å². The third-order valence-corrected chi connectivity index (χ3v) is 3.41. The Morgan fingerprint density at radius 3 is 1.75 bits per heavy atom. The van der Waals surface area contributed by atoms with Gasteiger partial charge in [0.1, 0.15) is 0 Å². The predicted octanol–water partition coefficient (Wildman–Crippen LogP) is 2.66. The summed E-state index contributed by atoms with van der Waals surface area (Å²) in [4.78, 5) is 0. The molecule has 1 rings (SSSR count). The van der Waals surface area contributed by atoms with Gasteiger partial charge < -0.3 is 5.32 Å². The zero-order chi connectivity index (χ0) is 9.24. The zero-order valence-corrected chi connectivity index (χ0v) is 9.55. The maximum atomic E-state index is 3.72. The first-order valence-electron chi connectivity index (χ1n) is 4.78. The maximum Gasteiger partial charge on any atom is 0.0137 e. The fourth-order valence-electron chi connectivity index (χ4n) is 1.80. The molecule has 1 aliphatic heterocycles. The Labute approximate surface area is 80.7 Å². The monoisotopic (exact) mass is 187 g/mol. The molecule has 2 heteroatoms. The minimum Gasteiger partial charge on any atom is -0.307 e. The van der Waals surface area contributed by atoms with Crippen molar-refractivity contribution in [1.82, 2.24) is 5.32 Å². The van der Waals surface area contributed by atoms with E-state index in [-0.39, 0.29) is 0 Å². The first-order valence-corrected chi connectivity index (χ1v) is 5.94. The average molecular weight is 187 g/mol. The van der Waals surface area contributed by atoms with E-state index < -0.39 is 0 Å². The van der Waals surface area contributed by atoms with Crippen LogP contribution in [0.1, 0.15) is 40.5 Å². The van der Waals surface area contributed by atoms with E-state index in [2.05, 4.69) is 44.8 Å². The van der Waals surface area contributed by atoms with Crippen LogP contribution in [-0.2, 0) is 0 Å². The lowest BCUT2D eigenvalue weighted by atomic mass is 9.93. The molecule has 0 saturated carbocycles. The summed E-state index contributed by atoms with van der Waals surface area (Å²) >= 11 is 2.09. The third-order valence-electron chi connectivity index (χ3n) is 2.42. The molecule has 0 aliphatic carbocycles. The van der Waals surface area contributed by atoms with Gasteiger partial charge in [0.05, 0.1) is 0 Å². The van der Waals surface area contributed by atoms with E-state index in [0.29, 0.717) is 11.1 Å². The molecular formula is C10H21NS. The molecule has 0 aromatic rings. The van der Waals surface area contributed by atoms with Crippen LogP contribution in [0.15, 0.2) is 0 Å². The molecule has 0 amide bonds. The number of hydrogen-bond acceptors (Lipinski definition) is 2. The van der Waals surface area contributed by atoms with Crippen LogP contribution >= 0.6 is 11.8 Å². The van der Waals surface area contributed by atoms with Crippen molar-refractivity contribution in [3.05, 3.63) is 0 Å². The molecule has 1 saturated heterocycles. The molecule has 72 valence electrons. The largest absolute Gasteiger partial charge is 0.307 e. The maximum absolute atomic E-state index is 3.72. The quantitative estimate of drug-likeness (QED) is 0.626. The van der Waals surface area contributed by atoms with Crippen molar-refractivity contribution in [3.63, 3.8) is 0 Å². The molecule has 0 bridgehead atoms. The number of hydrogen-bond donors (Lipinski definition) is 1. The highest BCUT2D eigenvalue weighted by Crippen LogP contribution is 2.24. The second kappa shape index (κ2) is 3.59. The minimum absolute atomic E-state index is 0.316. The molecule has 1 N–H and O–H groups in total. The molecule has 0 atom stereocenters. The molecule has 0 radical (unpaired) electrons. The smallest absolute Gasteiger partial charge is 0.0137 e. The third kappa shape index (κ3) is 3.36. The lowest BCUT2D eigenvalue weighted by Gasteiger charge is -2.39. The summed E-state index contributed by atoms with van der Waals surface area (Å²) in [6.07, 6.45) is 2.56. The summed E-state index contributed by atoms with van der Waals surface area (Å²) < 4.78 is 0. The van der Waals surface area contributed by atoms with E-state index in [0.717, 1.165) is 0 Å². The highest BCUT2D eigenvalue weighted by atomic mass is 32.2. The first kappa shape index (κ1) is 10.4. The average Bonchev–Trinajstić information content (AvgIpc) is 1.80. The molecule has 0 aromatic carbocycles. The van der Waals surface area contributed by atoms with E-state index >= 15 is 0 Å². The SMILES string of the molecule is CC1(C)CCSCCC(C)(C)N1. The molecule has 1 heterocycles. The van der Waals surface area contributed by atoms with Crippen LogP contribution in [0.4, 0.5) is 0 Å². The number of nitrogens with one attached hydrogen (secondary N) is 1. The van der Waals surface area contributed by atoms with Crippen LogP contribution in [0, 0.1) is 0 Å². The molecule has 0 aromatic heterocycles. The Hall–Kier alpha value is 0.310. The van der Waals surface area contributed by atoms with Crippen molar-refractivity contribution in [2.75, 3.05) is 11.5 Å². The Balaban J connectivity index is 2.58. The normalized spacial score (nSPS) is 29.0. The van der Waals surface area contributed by atoms with Crippen molar-refractivity contribution >= 4 is 11.8 Å². The Bertz CT molecular complexity index is 136. The van der Waals surface area contributed by atoms with Crippen LogP contribution in [0.25, 0.3) is 0 Å². The minimum atomic E-state index is 0.316. The van der Waals surface area contributed by atoms with Gasteiger partial charge in [-0.15, -0.1) is 0 Å². The fourth-order valence-corrected chi connectivity index (χ4v) is 3.31. The van der Waals surface area contributed by atoms with Crippen molar-refractivity contribution in [2.24, 2.45) is 0 Å². The summed E-state index contributed by atoms with van der Waals surface area (Å²) in [5, 5.41) is 3.72. The van der Waals surface area contributed by atoms with Crippen molar-refractivity contribution in [2.45, 2.75) is 51.6 Å².